The lowest BCUT2D eigenvalue weighted by Gasteiger charge is -2.36. The molecule has 0 aliphatic carbocycles. The van der Waals surface area contributed by atoms with Crippen LogP contribution in [0.25, 0.3) is 0 Å². The summed E-state index contributed by atoms with van der Waals surface area (Å²) in [7, 11) is 0. The van der Waals surface area contributed by atoms with E-state index in [-0.39, 0.29) is 12.0 Å². The first-order valence-corrected chi connectivity index (χ1v) is 9.41. The van der Waals surface area contributed by atoms with Crippen molar-refractivity contribution in [1.29, 1.82) is 0 Å². The van der Waals surface area contributed by atoms with E-state index >= 15 is 0 Å². The minimum atomic E-state index is -0.230. The Balaban J connectivity index is 1.65. The van der Waals surface area contributed by atoms with Crippen LogP contribution in [0.4, 0.5) is 0 Å². The molecule has 2 unspecified atom stereocenters. The summed E-state index contributed by atoms with van der Waals surface area (Å²) < 4.78 is 5.89. The van der Waals surface area contributed by atoms with Crippen LogP contribution in [0.2, 0.25) is 0 Å². The van der Waals surface area contributed by atoms with Gasteiger partial charge in [0.1, 0.15) is 5.75 Å². The van der Waals surface area contributed by atoms with Crippen LogP contribution >= 0.6 is 0 Å². The summed E-state index contributed by atoms with van der Waals surface area (Å²) in [5, 5.41) is 10.5. The summed E-state index contributed by atoms with van der Waals surface area (Å²) in [6, 6.07) is 18.8. The molecule has 1 aliphatic heterocycles. The maximum absolute atomic E-state index is 10.5. The molecule has 0 amide bonds. The molecule has 0 spiro atoms. The topological polar surface area (TPSA) is 32.7 Å². The standard InChI is InChI=1S/C22H29NO2/c1-2-14-25-22-11-7-6-10-19(22)15-20-17-23(13-12-21(20)24)16-18-8-4-3-5-9-18/h3-11,20-21,24H,2,12-17H2,1H3. The summed E-state index contributed by atoms with van der Waals surface area (Å²) in [5.41, 5.74) is 2.55. The highest BCUT2D eigenvalue weighted by Crippen LogP contribution is 2.27. The second-order valence-corrected chi connectivity index (χ2v) is 7.00. The van der Waals surface area contributed by atoms with Crippen molar-refractivity contribution in [2.45, 2.75) is 38.8 Å². The van der Waals surface area contributed by atoms with Gasteiger partial charge < -0.3 is 9.84 Å². The molecule has 0 aromatic heterocycles. The van der Waals surface area contributed by atoms with Crippen molar-refractivity contribution in [2.24, 2.45) is 5.92 Å². The van der Waals surface area contributed by atoms with E-state index in [1.54, 1.807) is 0 Å². The molecule has 134 valence electrons. The zero-order valence-electron chi connectivity index (χ0n) is 15.1. The molecule has 1 heterocycles. The zero-order valence-corrected chi connectivity index (χ0v) is 15.1. The fraction of sp³-hybridized carbons (Fsp3) is 0.455. The van der Waals surface area contributed by atoms with Gasteiger partial charge in [0.2, 0.25) is 0 Å². The minimum absolute atomic E-state index is 0.230. The third-order valence-corrected chi connectivity index (χ3v) is 4.94. The Hall–Kier alpha value is -1.84. The summed E-state index contributed by atoms with van der Waals surface area (Å²) >= 11 is 0. The van der Waals surface area contributed by atoms with Gasteiger partial charge in [-0.3, -0.25) is 4.90 Å². The normalized spacial score (nSPS) is 21.2. The smallest absolute Gasteiger partial charge is 0.122 e. The fourth-order valence-corrected chi connectivity index (χ4v) is 3.59. The Morgan fingerprint density at radius 3 is 2.64 bits per heavy atom. The van der Waals surface area contributed by atoms with Crippen LogP contribution in [-0.4, -0.2) is 35.8 Å². The van der Waals surface area contributed by atoms with Gasteiger partial charge in [-0.1, -0.05) is 55.5 Å². The fourth-order valence-electron chi connectivity index (χ4n) is 3.59. The van der Waals surface area contributed by atoms with Crippen LogP contribution in [-0.2, 0) is 13.0 Å². The third-order valence-electron chi connectivity index (χ3n) is 4.94. The van der Waals surface area contributed by atoms with Crippen LogP contribution in [0.3, 0.4) is 0 Å². The maximum atomic E-state index is 10.5. The highest BCUT2D eigenvalue weighted by Gasteiger charge is 2.28. The number of aliphatic hydroxyl groups is 1. The van der Waals surface area contributed by atoms with E-state index in [2.05, 4.69) is 54.3 Å². The second-order valence-electron chi connectivity index (χ2n) is 7.00. The predicted molar refractivity (Wildman–Crippen MR) is 102 cm³/mol. The van der Waals surface area contributed by atoms with Gasteiger partial charge in [0, 0.05) is 25.6 Å². The van der Waals surface area contributed by atoms with Crippen LogP contribution in [0, 0.1) is 5.92 Å². The molecule has 1 saturated heterocycles. The molecule has 1 N–H and O–H groups in total. The lowest BCUT2D eigenvalue weighted by molar-refractivity contribution is 0.0237. The number of hydrogen-bond donors (Lipinski definition) is 1. The van der Waals surface area contributed by atoms with Gasteiger partial charge in [0.15, 0.2) is 0 Å². The SMILES string of the molecule is CCCOc1ccccc1CC1CN(Cc2ccccc2)CCC1O. The van der Waals surface area contributed by atoms with Gasteiger partial charge in [-0.15, -0.1) is 0 Å². The summed E-state index contributed by atoms with van der Waals surface area (Å²) in [6.45, 7) is 5.70. The molecule has 0 saturated carbocycles. The molecule has 2 aromatic rings. The molecular weight excluding hydrogens is 310 g/mol. The monoisotopic (exact) mass is 339 g/mol. The van der Waals surface area contributed by atoms with E-state index < -0.39 is 0 Å². The Morgan fingerprint density at radius 2 is 1.84 bits per heavy atom. The molecule has 25 heavy (non-hydrogen) atoms. The molecule has 3 rings (SSSR count). The van der Waals surface area contributed by atoms with Crippen molar-refractivity contribution in [2.75, 3.05) is 19.7 Å². The lowest BCUT2D eigenvalue weighted by Crippen LogP contribution is -2.43. The van der Waals surface area contributed by atoms with Gasteiger partial charge in [0.25, 0.3) is 0 Å². The van der Waals surface area contributed by atoms with Crippen molar-refractivity contribution in [3.05, 3.63) is 65.7 Å². The molecule has 0 radical (unpaired) electrons. The maximum Gasteiger partial charge on any atom is 0.122 e. The molecule has 1 aliphatic rings. The quantitative estimate of drug-likeness (QED) is 0.830. The first-order valence-electron chi connectivity index (χ1n) is 9.41. The molecule has 2 atom stereocenters. The number of hydrogen-bond acceptors (Lipinski definition) is 3. The molecule has 2 aromatic carbocycles. The second kappa shape index (κ2) is 9.02. The van der Waals surface area contributed by atoms with Gasteiger partial charge in [-0.25, -0.2) is 0 Å². The average molecular weight is 339 g/mol. The van der Waals surface area contributed by atoms with Crippen molar-refractivity contribution in [3.63, 3.8) is 0 Å². The van der Waals surface area contributed by atoms with E-state index in [0.717, 1.165) is 51.3 Å². The lowest BCUT2D eigenvalue weighted by atomic mass is 9.88. The first-order chi connectivity index (χ1) is 12.3. The Labute approximate surface area is 151 Å². The zero-order chi connectivity index (χ0) is 17.5. The van der Waals surface area contributed by atoms with Crippen LogP contribution < -0.4 is 4.74 Å². The predicted octanol–water partition coefficient (Wildman–Crippen LogP) is 3.90. The summed E-state index contributed by atoms with van der Waals surface area (Å²) in [5.74, 6) is 1.22. The number of piperidine rings is 1. The number of likely N-dealkylation sites (tertiary alicyclic amines) is 1. The van der Waals surface area contributed by atoms with Crippen molar-refractivity contribution in [1.82, 2.24) is 4.90 Å². The highest BCUT2D eigenvalue weighted by molar-refractivity contribution is 5.34. The number of nitrogens with zero attached hydrogens (tertiary/aromatic N) is 1. The number of para-hydroxylation sites is 1. The summed E-state index contributed by atoms with van der Waals surface area (Å²) in [6.07, 6.45) is 2.49. The van der Waals surface area contributed by atoms with Crippen LogP contribution in [0.15, 0.2) is 54.6 Å². The van der Waals surface area contributed by atoms with E-state index in [4.69, 9.17) is 4.74 Å². The summed E-state index contributed by atoms with van der Waals surface area (Å²) in [4.78, 5) is 2.46. The van der Waals surface area contributed by atoms with Crippen molar-refractivity contribution in [3.8, 4) is 5.75 Å². The van der Waals surface area contributed by atoms with E-state index in [0.29, 0.717) is 0 Å². The number of ether oxygens (including phenoxy) is 1. The van der Waals surface area contributed by atoms with E-state index in [1.165, 1.54) is 11.1 Å². The third kappa shape index (κ3) is 5.07. The number of aliphatic hydroxyl groups excluding tert-OH is 1. The molecule has 0 bridgehead atoms. The Morgan fingerprint density at radius 1 is 1.08 bits per heavy atom. The Bertz CT molecular complexity index is 643. The van der Waals surface area contributed by atoms with E-state index in [1.807, 2.05) is 12.1 Å². The molecule has 3 heteroatoms. The average Bonchev–Trinajstić information content (AvgIpc) is 2.64. The van der Waals surface area contributed by atoms with Gasteiger partial charge >= 0.3 is 0 Å². The first kappa shape index (κ1) is 18.0. The van der Waals surface area contributed by atoms with Crippen molar-refractivity contribution >= 4 is 0 Å². The van der Waals surface area contributed by atoms with Gasteiger partial charge in [-0.05, 0) is 36.5 Å². The van der Waals surface area contributed by atoms with Crippen LogP contribution in [0.1, 0.15) is 30.9 Å². The van der Waals surface area contributed by atoms with Gasteiger partial charge in [-0.2, -0.15) is 0 Å². The number of benzene rings is 2. The highest BCUT2D eigenvalue weighted by atomic mass is 16.5. The largest absolute Gasteiger partial charge is 0.493 e. The van der Waals surface area contributed by atoms with E-state index in [9.17, 15) is 5.11 Å². The number of rotatable bonds is 7. The minimum Gasteiger partial charge on any atom is -0.493 e. The van der Waals surface area contributed by atoms with Gasteiger partial charge in [0.05, 0.1) is 12.7 Å². The Kier molecular flexibility index (Phi) is 6.48. The van der Waals surface area contributed by atoms with Crippen molar-refractivity contribution < 1.29 is 9.84 Å². The molecule has 1 fully saturated rings. The molecular formula is C22H29NO2. The molecule has 3 nitrogen and oxygen atoms in total. The van der Waals surface area contributed by atoms with Crippen LogP contribution in [0.5, 0.6) is 5.75 Å².